The maximum absolute atomic E-state index is 11.8. The number of para-hydroxylation sites is 1. The van der Waals surface area contributed by atoms with Crippen LogP contribution in [0.4, 0.5) is 11.8 Å². The highest BCUT2D eigenvalue weighted by Gasteiger charge is 2.09. The van der Waals surface area contributed by atoms with Gasteiger partial charge in [-0.15, -0.1) is 0 Å². The minimum atomic E-state index is -0.0711. The Hall–Kier alpha value is -2.98. The van der Waals surface area contributed by atoms with Crippen LogP contribution >= 0.6 is 0 Å². The highest BCUT2D eigenvalue weighted by Crippen LogP contribution is 2.21. The normalized spacial score (nSPS) is 10.6. The van der Waals surface area contributed by atoms with E-state index in [1.54, 1.807) is 14.2 Å². The summed E-state index contributed by atoms with van der Waals surface area (Å²) in [6, 6.07) is 7.62. The monoisotopic (exact) mass is 418 g/mol. The van der Waals surface area contributed by atoms with Crippen molar-refractivity contribution >= 4 is 34.5 Å². The molecule has 0 radical (unpaired) electrons. The predicted molar refractivity (Wildman–Crippen MR) is 116 cm³/mol. The van der Waals surface area contributed by atoms with Crippen LogP contribution in [0.2, 0.25) is 0 Å². The Morgan fingerprint density at radius 1 is 0.833 bits per heavy atom. The first-order valence-corrected chi connectivity index (χ1v) is 9.90. The molecule has 0 bridgehead atoms. The number of methoxy groups -OCH3 is 2. The number of amides is 2. The van der Waals surface area contributed by atoms with Crippen molar-refractivity contribution in [3.8, 4) is 0 Å². The van der Waals surface area contributed by atoms with Crippen LogP contribution in [0, 0.1) is 0 Å². The molecule has 1 aromatic heterocycles. The van der Waals surface area contributed by atoms with Crippen molar-refractivity contribution in [2.45, 2.75) is 12.8 Å². The zero-order valence-corrected chi connectivity index (χ0v) is 17.5. The highest BCUT2D eigenvalue weighted by atomic mass is 16.5. The summed E-state index contributed by atoms with van der Waals surface area (Å²) in [5.74, 6) is 0.927. The predicted octanol–water partition coefficient (Wildman–Crippen LogP) is 0.759. The molecule has 0 spiro atoms. The molecule has 0 atom stereocenters. The Kier molecular flexibility index (Phi) is 10.3. The van der Waals surface area contributed by atoms with Crippen LogP contribution in [0.1, 0.15) is 12.8 Å². The number of carbonyl (C=O) groups is 2. The van der Waals surface area contributed by atoms with E-state index in [0.29, 0.717) is 64.0 Å². The van der Waals surface area contributed by atoms with E-state index >= 15 is 0 Å². The molecule has 2 rings (SSSR count). The average molecular weight is 418 g/mol. The number of fused-ring (bicyclic) bond motifs is 1. The van der Waals surface area contributed by atoms with Gasteiger partial charge in [0.05, 0.1) is 18.7 Å². The van der Waals surface area contributed by atoms with Crippen LogP contribution in [-0.2, 0) is 19.1 Å². The molecule has 0 aliphatic rings. The van der Waals surface area contributed by atoms with Gasteiger partial charge in [-0.05, 0) is 12.1 Å². The number of aromatic nitrogens is 2. The van der Waals surface area contributed by atoms with E-state index in [0.717, 1.165) is 10.9 Å². The van der Waals surface area contributed by atoms with Gasteiger partial charge in [0.25, 0.3) is 0 Å². The summed E-state index contributed by atoms with van der Waals surface area (Å²) in [4.78, 5) is 32.6. The third-order valence-corrected chi connectivity index (χ3v) is 4.14. The topological polar surface area (TPSA) is 126 Å². The molecule has 0 aliphatic carbocycles. The van der Waals surface area contributed by atoms with Gasteiger partial charge in [-0.3, -0.25) is 9.59 Å². The van der Waals surface area contributed by atoms with Gasteiger partial charge in [-0.25, -0.2) is 4.98 Å². The van der Waals surface area contributed by atoms with Crippen LogP contribution in [-0.4, -0.2) is 75.4 Å². The van der Waals surface area contributed by atoms with Crippen molar-refractivity contribution in [3.05, 3.63) is 24.3 Å². The summed E-state index contributed by atoms with van der Waals surface area (Å²) in [6.07, 6.45) is 0.608. The summed E-state index contributed by atoms with van der Waals surface area (Å²) in [6.45, 7) is 2.76. The summed E-state index contributed by atoms with van der Waals surface area (Å²) >= 11 is 0. The van der Waals surface area contributed by atoms with Crippen LogP contribution < -0.4 is 21.3 Å². The van der Waals surface area contributed by atoms with Gasteiger partial charge in [0.1, 0.15) is 5.82 Å². The number of ether oxygens (including phenoxy) is 2. The minimum absolute atomic E-state index is 0.0595. The minimum Gasteiger partial charge on any atom is -0.383 e. The van der Waals surface area contributed by atoms with Gasteiger partial charge < -0.3 is 30.7 Å². The first-order chi connectivity index (χ1) is 14.6. The van der Waals surface area contributed by atoms with E-state index < -0.39 is 0 Å². The van der Waals surface area contributed by atoms with Crippen LogP contribution in [0.15, 0.2) is 24.3 Å². The van der Waals surface area contributed by atoms with Gasteiger partial charge in [-0.2, -0.15) is 4.98 Å². The lowest BCUT2D eigenvalue weighted by Crippen LogP contribution is -2.28. The molecule has 30 heavy (non-hydrogen) atoms. The molecule has 2 aromatic rings. The fourth-order valence-electron chi connectivity index (χ4n) is 2.63. The quantitative estimate of drug-likeness (QED) is 0.331. The first-order valence-electron chi connectivity index (χ1n) is 9.90. The van der Waals surface area contributed by atoms with Crippen LogP contribution in [0.3, 0.4) is 0 Å². The molecule has 0 unspecified atom stereocenters. The van der Waals surface area contributed by atoms with Gasteiger partial charge in [0, 0.05) is 58.6 Å². The molecule has 0 saturated heterocycles. The van der Waals surface area contributed by atoms with Crippen molar-refractivity contribution in [1.29, 1.82) is 0 Å². The molecule has 0 fully saturated rings. The lowest BCUT2D eigenvalue weighted by molar-refractivity contribution is -0.121. The number of benzene rings is 1. The van der Waals surface area contributed by atoms with Crippen molar-refractivity contribution in [2.75, 3.05) is 64.2 Å². The van der Waals surface area contributed by atoms with Crippen LogP contribution in [0.25, 0.3) is 10.9 Å². The number of hydrogen-bond donors (Lipinski definition) is 4. The van der Waals surface area contributed by atoms with E-state index in [1.165, 1.54) is 0 Å². The van der Waals surface area contributed by atoms with E-state index in [1.807, 2.05) is 24.3 Å². The SMILES string of the molecule is COCCNC(=O)CCNc1nc(NCCC(=O)NCCOC)c2ccccc2n1. The largest absolute Gasteiger partial charge is 0.383 e. The zero-order chi connectivity index (χ0) is 21.6. The van der Waals surface area contributed by atoms with Crippen molar-refractivity contribution < 1.29 is 19.1 Å². The standard InChI is InChI=1S/C20H30N6O4/c1-29-13-11-21-17(27)7-9-23-19-15-5-3-4-6-16(15)25-20(26-19)24-10-8-18(28)22-12-14-30-2/h3-6H,7-14H2,1-2H3,(H,21,27)(H,22,28)(H2,23,24,25,26). The lowest BCUT2D eigenvalue weighted by atomic mass is 10.2. The zero-order valence-electron chi connectivity index (χ0n) is 17.5. The third kappa shape index (κ3) is 8.18. The molecule has 0 aliphatic heterocycles. The van der Waals surface area contributed by atoms with Gasteiger partial charge in [-0.1, -0.05) is 12.1 Å². The molecular formula is C20H30N6O4. The van der Waals surface area contributed by atoms with Crippen molar-refractivity contribution in [1.82, 2.24) is 20.6 Å². The fourth-order valence-corrected chi connectivity index (χ4v) is 2.63. The second-order valence-electron chi connectivity index (χ2n) is 6.45. The number of rotatable bonds is 14. The Balaban J connectivity index is 1.91. The third-order valence-electron chi connectivity index (χ3n) is 4.14. The van der Waals surface area contributed by atoms with Crippen LogP contribution in [0.5, 0.6) is 0 Å². The lowest BCUT2D eigenvalue weighted by Gasteiger charge is -2.12. The number of nitrogens with one attached hydrogen (secondary N) is 4. The van der Waals surface area contributed by atoms with Gasteiger partial charge in [0.15, 0.2) is 0 Å². The number of anilines is 2. The van der Waals surface area contributed by atoms with E-state index in [4.69, 9.17) is 9.47 Å². The Morgan fingerprint density at radius 3 is 2.07 bits per heavy atom. The molecule has 10 nitrogen and oxygen atoms in total. The summed E-state index contributed by atoms with van der Waals surface area (Å²) < 4.78 is 9.82. The fraction of sp³-hybridized carbons (Fsp3) is 0.500. The Labute approximate surface area is 176 Å². The average Bonchev–Trinajstić information content (AvgIpc) is 2.74. The van der Waals surface area contributed by atoms with E-state index in [9.17, 15) is 9.59 Å². The van der Waals surface area contributed by atoms with Gasteiger partial charge in [0.2, 0.25) is 17.8 Å². The second kappa shape index (κ2) is 13.3. The van der Waals surface area contributed by atoms with Gasteiger partial charge >= 0.3 is 0 Å². The number of carbonyl (C=O) groups excluding carboxylic acids is 2. The molecule has 1 aromatic carbocycles. The summed E-state index contributed by atoms with van der Waals surface area (Å²) in [5.41, 5.74) is 0.770. The first kappa shape index (κ1) is 23.3. The smallest absolute Gasteiger partial charge is 0.225 e. The molecule has 164 valence electrons. The van der Waals surface area contributed by atoms with E-state index in [-0.39, 0.29) is 11.8 Å². The highest BCUT2D eigenvalue weighted by molar-refractivity contribution is 5.90. The number of hydrogen-bond acceptors (Lipinski definition) is 8. The molecule has 0 saturated carbocycles. The summed E-state index contributed by atoms with van der Waals surface area (Å²) in [5, 5.41) is 12.7. The molecule has 10 heteroatoms. The molecule has 1 heterocycles. The molecular weight excluding hydrogens is 388 g/mol. The van der Waals surface area contributed by atoms with Crippen molar-refractivity contribution in [3.63, 3.8) is 0 Å². The van der Waals surface area contributed by atoms with Crippen molar-refractivity contribution in [2.24, 2.45) is 0 Å². The Morgan fingerprint density at radius 2 is 1.43 bits per heavy atom. The summed E-state index contributed by atoms with van der Waals surface area (Å²) in [7, 11) is 3.18. The van der Waals surface area contributed by atoms with E-state index in [2.05, 4.69) is 31.2 Å². The molecule has 2 amide bonds. The second-order valence-corrected chi connectivity index (χ2v) is 6.45. The Bertz CT molecular complexity index is 817. The molecule has 4 N–H and O–H groups in total. The number of nitrogens with zero attached hydrogens (tertiary/aromatic N) is 2. The maximum atomic E-state index is 11.8. The maximum Gasteiger partial charge on any atom is 0.225 e.